The van der Waals surface area contributed by atoms with Gasteiger partial charge in [0.05, 0.1) is 27.9 Å². The number of thiazole rings is 1. The van der Waals surface area contributed by atoms with E-state index in [4.69, 9.17) is 9.72 Å². The third kappa shape index (κ3) is 6.97. The molecule has 0 bridgehead atoms. The molecule has 1 aromatic heterocycles. The van der Waals surface area contributed by atoms with Crippen LogP contribution in [0.3, 0.4) is 0 Å². The van der Waals surface area contributed by atoms with Gasteiger partial charge < -0.3 is 9.64 Å². The molecule has 1 heterocycles. The molecule has 0 saturated heterocycles. The predicted molar refractivity (Wildman–Crippen MR) is 151 cm³/mol. The van der Waals surface area contributed by atoms with Gasteiger partial charge in [-0.15, -0.1) is 12.4 Å². The van der Waals surface area contributed by atoms with Crippen LogP contribution in [0.4, 0.5) is 5.13 Å². The standard InChI is InChI=1S/C26H35N3O4S2.ClH/c1-6-28(7-2)16-17-29(26-27-25-22(33-8-3)10-9-11-23(25)34-26)24(30)18-20-12-14-21(15-13-20)35(31,32)19(4)5;/h9-15,19H,6-8,16-18H2,1-5H3;1H. The molecule has 0 fully saturated rings. The molecule has 0 unspecified atom stereocenters. The Morgan fingerprint density at radius 2 is 1.69 bits per heavy atom. The zero-order valence-corrected chi connectivity index (χ0v) is 24.0. The molecule has 3 rings (SSSR count). The molecule has 0 atom stereocenters. The number of rotatable bonds is 12. The number of halogens is 1. The Morgan fingerprint density at radius 1 is 1.03 bits per heavy atom. The zero-order valence-electron chi connectivity index (χ0n) is 21.6. The van der Waals surface area contributed by atoms with Gasteiger partial charge in [-0.1, -0.05) is 43.4 Å². The second-order valence-corrected chi connectivity index (χ2v) is 12.0. The van der Waals surface area contributed by atoms with Crippen molar-refractivity contribution < 1.29 is 17.9 Å². The summed E-state index contributed by atoms with van der Waals surface area (Å²) in [6, 6.07) is 12.4. The second kappa shape index (κ2) is 13.4. The van der Waals surface area contributed by atoms with E-state index in [0.29, 0.717) is 24.0 Å². The van der Waals surface area contributed by atoms with Gasteiger partial charge in [0, 0.05) is 13.1 Å². The molecule has 0 aliphatic rings. The lowest BCUT2D eigenvalue weighted by atomic mass is 10.1. The minimum atomic E-state index is -3.35. The number of carbonyl (C=O) groups is 1. The minimum Gasteiger partial charge on any atom is -0.492 e. The number of benzene rings is 2. The van der Waals surface area contributed by atoms with Gasteiger partial charge in [0.25, 0.3) is 0 Å². The van der Waals surface area contributed by atoms with Gasteiger partial charge in [-0.05, 0) is 63.7 Å². The van der Waals surface area contributed by atoms with Crippen LogP contribution in [0.5, 0.6) is 5.75 Å². The Hall–Kier alpha value is -2.20. The maximum Gasteiger partial charge on any atom is 0.233 e. The van der Waals surface area contributed by atoms with E-state index in [9.17, 15) is 13.2 Å². The quantitative estimate of drug-likeness (QED) is 0.306. The summed E-state index contributed by atoms with van der Waals surface area (Å²) in [6.07, 6.45) is 0.161. The maximum atomic E-state index is 13.5. The van der Waals surface area contributed by atoms with Crippen molar-refractivity contribution in [3.63, 3.8) is 0 Å². The van der Waals surface area contributed by atoms with Crippen LogP contribution in [0.2, 0.25) is 0 Å². The molecule has 0 aliphatic heterocycles. The van der Waals surface area contributed by atoms with Crippen LogP contribution in [0, 0.1) is 0 Å². The first-order valence-electron chi connectivity index (χ1n) is 12.1. The monoisotopic (exact) mass is 553 g/mol. The fraction of sp³-hybridized carbons (Fsp3) is 0.462. The Kier molecular flexibility index (Phi) is 11.2. The van der Waals surface area contributed by atoms with Crippen LogP contribution in [-0.4, -0.2) is 62.2 Å². The zero-order chi connectivity index (χ0) is 25.6. The van der Waals surface area contributed by atoms with E-state index < -0.39 is 15.1 Å². The summed E-state index contributed by atoms with van der Waals surface area (Å²) in [5.41, 5.74) is 1.53. The third-order valence-corrected chi connectivity index (χ3v) is 9.18. The molecule has 3 aromatic rings. The highest BCUT2D eigenvalue weighted by atomic mass is 35.5. The third-order valence-electron chi connectivity index (χ3n) is 5.96. The van der Waals surface area contributed by atoms with E-state index in [2.05, 4.69) is 18.7 Å². The van der Waals surface area contributed by atoms with Gasteiger partial charge in [-0.25, -0.2) is 13.4 Å². The smallest absolute Gasteiger partial charge is 0.233 e. The van der Waals surface area contributed by atoms with Crippen molar-refractivity contribution in [3.8, 4) is 5.75 Å². The van der Waals surface area contributed by atoms with Crippen LogP contribution in [0.25, 0.3) is 10.2 Å². The average molecular weight is 554 g/mol. The highest BCUT2D eigenvalue weighted by Gasteiger charge is 2.23. The summed E-state index contributed by atoms with van der Waals surface area (Å²) in [5, 5.41) is 0.148. The van der Waals surface area contributed by atoms with Crippen molar-refractivity contribution in [3.05, 3.63) is 48.0 Å². The van der Waals surface area contributed by atoms with Gasteiger partial charge in [0.1, 0.15) is 11.3 Å². The van der Waals surface area contributed by atoms with Crippen LogP contribution in [-0.2, 0) is 21.1 Å². The molecule has 7 nitrogen and oxygen atoms in total. The van der Waals surface area contributed by atoms with Crippen molar-refractivity contribution >= 4 is 54.8 Å². The van der Waals surface area contributed by atoms with Crippen molar-refractivity contribution in [2.45, 2.75) is 51.2 Å². The number of para-hydroxylation sites is 1. The number of likely N-dealkylation sites (N-methyl/N-ethyl adjacent to an activating group) is 1. The maximum absolute atomic E-state index is 13.5. The number of sulfone groups is 1. The highest BCUT2D eigenvalue weighted by Crippen LogP contribution is 2.34. The normalized spacial score (nSPS) is 11.6. The van der Waals surface area contributed by atoms with E-state index in [1.807, 2.05) is 25.1 Å². The van der Waals surface area contributed by atoms with Crippen molar-refractivity contribution in [1.29, 1.82) is 0 Å². The summed E-state index contributed by atoms with van der Waals surface area (Å²) < 4.78 is 31.6. The molecule has 0 aliphatic carbocycles. The van der Waals surface area contributed by atoms with Crippen LogP contribution >= 0.6 is 23.7 Å². The topological polar surface area (TPSA) is 79.8 Å². The first kappa shape index (κ1) is 30.0. The Morgan fingerprint density at radius 3 is 2.28 bits per heavy atom. The molecule has 36 heavy (non-hydrogen) atoms. The summed E-state index contributed by atoms with van der Waals surface area (Å²) in [7, 11) is -3.35. The molecule has 0 spiro atoms. The fourth-order valence-corrected chi connectivity index (χ4v) is 5.83. The summed E-state index contributed by atoms with van der Waals surface area (Å²) in [5.74, 6) is 0.638. The lowest BCUT2D eigenvalue weighted by Crippen LogP contribution is -2.39. The molecule has 1 amide bonds. The van der Waals surface area contributed by atoms with E-state index in [1.165, 1.54) is 11.3 Å². The number of hydrogen-bond acceptors (Lipinski definition) is 7. The van der Waals surface area contributed by atoms with Crippen molar-refractivity contribution in [2.24, 2.45) is 0 Å². The molecule has 0 N–H and O–H groups in total. The largest absolute Gasteiger partial charge is 0.492 e. The molecular formula is C26H36ClN3O4S2. The molecule has 0 radical (unpaired) electrons. The molecule has 198 valence electrons. The van der Waals surface area contributed by atoms with Crippen LogP contribution in [0.1, 0.15) is 40.2 Å². The van der Waals surface area contributed by atoms with Gasteiger partial charge in [-0.2, -0.15) is 0 Å². The Bertz CT molecular complexity index is 1240. The minimum absolute atomic E-state index is 0. The lowest BCUT2D eigenvalue weighted by molar-refractivity contribution is -0.118. The molecular weight excluding hydrogens is 518 g/mol. The number of ether oxygens (including phenoxy) is 1. The lowest BCUT2D eigenvalue weighted by Gasteiger charge is -2.24. The number of amides is 1. The number of nitrogens with zero attached hydrogens (tertiary/aromatic N) is 3. The van der Waals surface area contributed by atoms with E-state index in [0.717, 1.165) is 35.4 Å². The summed E-state index contributed by atoms with van der Waals surface area (Å²) in [4.78, 5) is 22.6. The van der Waals surface area contributed by atoms with Crippen LogP contribution in [0.15, 0.2) is 47.4 Å². The van der Waals surface area contributed by atoms with Crippen LogP contribution < -0.4 is 9.64 Å². The van der Waals surface area contributed by atoms with Gasteiger partial charge in [0.2, 0.25) is 5.91 Å². The van der Waals surface area contributed by atoms with Crippen molar-refractivity contribution in [2.75, 3.05) is 37.7 Å². The fourth-order valence-electron chi connectivity index (χ4n) is 3.75. The average Bonchev–Trinajstić information content (AvgIpc) is 3.27. The van der Waals surface area contributed by atoms with Gasteiger partial charge >= 0.3 is 0 Å². The molecule has 0 saturated carbocycles. The number of aromatic nitrogens is 1. The van der Waals surface area contributed by atoms with E-state index in [-0.39, 0.29) is 29.6 Å². The SMILES string of the molecule is CCOc1cccc2sc(N(CCN(CC)CC)C(=O)Cc3ccc(S(=O)(=O)C(C)C)cc3)nc12.Cl. The number of carbonyl (C=O) groups excluding carboxylic acids is 1. The predicted octanol–water partition coefficient (Wildman–Crippen LogP) is 5.22. The first-order chi connectivity index (χ1) is 16.7. The molecule has 2 aromatic carbocycles. The summed E-state index contributed by atoms with van der Waals surface area (Å²) >= 11 is 1.48. The number of fused-ring (bicyclic) bond motifs is 1. The second-order valence-electron chi connectivity index (χ2n) is 8.52. The van der Waals surface area contributed by atoms with Crippen molar-refractivity contribution in [1.82, 2.24) is 9.88 Å². The Labute approximate surface area is 224 Å². The summed E-state index contributed by atoms with van der Waals surface area (Å²) in [6.45, 7) is 13.1. The molecule has 10 heteroatoms. The van der Waals surface area contributed by atoms with E-state index in [1.54, 1.807) is 43.0 Å². The van der Waals surface area contributed by atoms with Gasteiger partial charge in [-0.3, -0.25) is 9.69 Å². The Balaban J connectivity index is 0.00000456. The van der Waals surface area contributed by atoms with E-state index >= 15 is 0 Å². The number of anilines is 1. The number of hydrogen-bond donors (Lipinski definition) is 0. The highest BCUT2D eigenvalue weighted by molar-refractivity contribution is 7.92. The first-order valence-corrected chi connectivity index (χ1v) is 14.4. The van der Waals surface area contributed by atoms with Gasteiger partial charge in [0.15, 0.2) is 15.0 Å².